The quantitative estimate of drug-likeness (QED) is 0.681. The van der Waals surface area contributed by atoms with Gasteiger partial charge in [-0.15, -0.1) is 0 Å². The largest absolute Gasteiger partial charge is 0.399 e. The number of imide groups is 1. The van der Waals surface area contributed by atoms with Crippen LogP contribution in [-0.4, -0.2) is 11.8 Å². The van der Waals surface area contributed by atoms with E-state index < -0.39 is 11.8 Å². The number of hydrogen-bond donors (Lipinski definition) is 2. The number of nitrogens with one attached hydrogen (secondary N) is 1. The molecular formula is C10H9N3O2. The summed E-state index contributed by atoms with van der Waals surface area (Å²) >= 11 is 0. The van der Waals surface area contributed by atoms with Crippen molar-refractivity contribution in [3.05, 3.63) is 29.8 Å². The number of rotatable bonds is 2. The predicted octanol–water partition coefficient (Wildman–Crippen LogP) is 0.439. The van der Waals surface area contributed by atoms with Crippen molar-refractivity contribution in [2.24, 2.45) is 0 Å². The number of nitrogens with two attached hydrogens (primary N) is 1. The Morgan fingerprint density at radius 1 is 1.33 bits per heavy atom. The normalized spacial score (nSPS) is 9.00. The van der Waals surface area contributed by atoms with E-state index in [4.69, 9.17) is 11.0 Å². The number of nitrogens with zero attached hydrogens (tertiary/aromatic N) is 1. The van der Waals surface area contributed by atoms with Crippen molar-refractivity contribution in [2.45, 2.75) is 6.42 Å². The van der Waals surface area contributed by atoms with E-state index in [0.717, 1.165) is 0 Å². The van der Waals surface area contributed by atoms with Gasteiger partial charge in [-0.05, 0) is 24.3 Å². The van der Waals surface area contributed by atoms with Gasteiger partial charge in [0.05, 0.1) is 6.07 Å². The lowest BCUT2D eigenvalue weighted by atomic mass is 10.2. The van der Waals surface area contributed by atoms with E-state index in [9.17, 15) is 9.59 Å². The fourth-order valence-electron chi connectivity index (χ4n) is 0.949. The fourth-order valence-corrected chi connectivity index (χ4v) is 0.949. The first-order valence-corrected chi connectivity index (χ1v) is 4.20. The molecule has 0 atom stereocenters. The van der Waals surface area contributed by atoms with Gasteiger partial charge in [-0.1, -0.05) is 0 Å². The molecule has 0 heterocycles. The van der Waals surface area contributed by atoms with Gasteiger partial charge >= 0.3 is 0 Å². The Labute approximate surface area is 86.5 Å². The Morgan fingerprint density at radius 3 is 2.47 bits per heavy atom. The molecule has 15 heavy (non-hydrogen) atoms. The van der Waals surface area contributed by atoms with Gasteiger partial charge in [-0.3, -0.25) is 14.9 Å². The second kappa shape index (κ2) is 4.77. The standard InChI is InChI=1S/C10H9N3O2/c11-6-5-9(14)13-10(15)7-1-3-8(12)4-2-7/h1-4H,5,12H2,(H,13,14,15). The Hall–Kier alpha value is -2.35. The number of nitrogen functional groups attached to an aromatic ring is 1. The van der Waals surface area contributed by atoms with Gasteiger partial charge in [0.25, 0.3) is 5.91 Å². The van der Waals surface area contributed by atoms with Gasteiger partial charge in [0, 0.05) is 11.3 Å². The number of benzene rings is 1. The molecule has 0 spiro atoms. The first-order valence-electron chi connectivity index (χ1n) is 4.20. The molecule has 0 fully saturated rings. The molecule has 3 N–H and O–H groups in total. The lowest BCUT2D eigenvalue weighted by molar-refractivity contribution is -0.119. The van der Waals surface area contributed by atoms with Crippen LogP contribution in [-0.2, 0) is 4.79 Å². The highest BCUT2D eigenvalue weighted by atomic mass is 16.2. The van der Waals surface area contributed by atoms with Crippen molar-refractivity contribution in [3.63, 3.8) is 0 Å². The molecule has 5 heteroatoms. The summed E-state index contributed by atoms with van der Waals surface area (Å²) in [6, 6.07) is 7.78. The monoisotopic (exact) mass is 203 g/mol. The maximum absolute atomic E-state index is 11.4. The third-order valence-corrected chi connectivity index (χ3v) is 1.67. The van der Waals surface area contributed by atoms with Crippen LogP contribution in [0.15, 0.2) is 24.3 Å². The molecule has 1 rings (SSSR count). The van der Waals surface area contributed by atoms with Crippen molar-refractivity contribution < 1.29 is 9.59 Å². The summed E-state index contributed by atoms with van der Waals surface area (Å²) in [5, 5.41) is 10.3. The van der Waals surface area contributed by atoms with Crippen LogP contribution < -0.4 is 11.1 Å². The van der Waals surface area contributed by atoms with E-state index >= 15 is 0 Å². The predicted molar refractivity (Wildman–Crippen MR) is 53.6 cm³/mol. The second-order valence-corrected chi connectivity index (χ2v) is 2.83. The van der Waals surface area contributed by atoms with Crippen molar-refractivity contribution in [3.8, 4) is 6.07 Å². The summed E-state index contributed by atoms with van der Waals surface area (Å²) in [7, 11) is 0. The van der Waals surface area contributed by atoms with Gasteiger partial charge in [0.2, 0.25) is 5.91 Å². The van der Waals surface area contributed by atoms with Gasteiger partial charge in [0.15, 0.2) is 0 Å². The van der Waals surface area contributed by atoms with Crippen LogP contribution in [0.1, 0.15) is 16.8 Å². The Morgan fingerprint density at radius 2 is 1.93 bits per heavy atom. The second-order valence-electron chi connectivity index (χ2n) is 2.83. The highest BCUT2D eigenvalue weighted by Gasteiger charge is 2.08. The summed E-state index contributed by atoms with van der Waals surface area (Å²) in [5.74, 6) is -1.14. The van der Waals surface area contributed by atoms with E-state index in [1.54, 1.807) is 18.2 Å². The third kappa shape index (κ3) is 3.12. The first kappa shape index (κ1) is 10.7. The van der Waals surface area contributed by atoms with Crippen molar-refractivity contribution in [1.82, 2.24) is 5.32 Å². The van der Waals surface area contributed by atoms with Crippen molar-refractivity contribution in [1.29, 1.82) is 5.26 Å². The number of carbonyl (C=O) groups is 2. The maximum Gasteiger partial charge on any atom is 0.257 e. The zero-order valence-electron chi connectivity index (χ0n) is 7.86. The molecular weight excluding hydrogens is 194 g/mol. The summed E-state index contributed by atoms with van der Waals surface area (Å²) < 4.78 is 0. The summed E-state index contributed by atoms with van der Waals surface area (Å²) in [6.45, 7) is 0. The smallest absolute Gasteiger partial charge is 0.257 e. The molecule has 76 valence electrons. The SMILES string of the molecule is N#CCC(=O)NC(=O)c1ccc(N)cc1. The van der Waals surface area contributed by atoms with Gasteiger partial charge in [-0.2, -0.15) is 5.26 Å². The van der Waals surface area contributed by atoms with Crippen LogP contribution in [0, 0.1) is 11.3 Å². The number of carbonyl (C=O) groups excluding carboxylic acids is 2. The molecule has 0 aliphatic rings. The topological polar surface area (TPSA) is 96.0 Å². The summed E-state index contributed by atoms with van der Waals surface area (Å²) in [6.07, 6.45) is -0.333. The third-order valence-electron chi connectivity index (χ3n) is 1.67. The van der Waals surface area contributed by atoms with E-state index in [-0.39, 0.29) is 6.42 Å². The molecule has 0 aliphatic carbocycles. The lowest BCUT2D eigenvalue weighted by Gasteiger charge is -2.01. The number of anilines is 1. The van der Waals surface area contributed by atoms with E-state index in [0.29, 0.717) is 11.3 Å². The van der Waals surface area contributed by atoms with Crippen molar-refractivity contribution >= 4 is 17.5 Å². The van der Waals surface area contributed by atoms with E-state index in [1.807, 2.05) is 0 Å². The Bertz CT molecular complexity index is 417. The molecule has 1 aromatic carbocycles. The fraction of sp³-hybridized carbons (Fsp3) is 0.100. The Kier molecular flexibility index (Phi) is 3.41. The molecule has 0 aliphatic heterocycles. The van der Waals surface area contributed by atoms with E-state index in [1.165, 1.54) is 12.1 Å². The molecule has 1 aromatic rings. The maximum atomic E-state index is 11.4. The summed E-state index contributed by atoms with van der Waals surface area (Å²) in [4.78, 5) is 22.3. The molecule has 0 bridgehead atoms. The highest BCUT2D eigenvalue weighted by molar-refractivity contribution is 6.05. The zero-order chi connectivity index (χ0) is 11.3. The molecule has 0 aromatic heterocycles. The minimum absolute atomic E-state index is 0.329. The van der Waals surface area contributed by atoms with Crippen LogP contribution in [0.2, 0.25) is 0 Å². The summed E-state index contributed by atoms with van der Waals surface area (Å²) in [5.41, 5.74) is 6.30. The minimum atomic E-state index is -0.612. The number of nitriles is 1. The lowest BCUT2D eigenvalue weighted by Crippen LogP contribution is -2.29. The van der Waals surface area contributed by atoms with Crippen LogP contribution in [0.25, 0.3) is 0 Å². The molecule has 0 saturated carbocycles. The minimum Gasteiger partial charge on any atom is -0.399 e. The van der Waals surface area contributed by atoms with Gasteiger partial charge in [0.1, 0.15) is 6.42 Å². The highest BCUT2D eigenvalue weighted by Crippen LogP contribution is 2.04. The van der Waals surface area contributed by atoms with Gasteiger partial charge in [-0.25, -0.2) is 0 Å². The molecule has 0 saturated heterocycles. The van der Waals surface area contributed by atoms with Crippen LogP contribution in [0.3, 0.4) is 0 Å². The zero-order valence-corrected chi connectivity index (χ0v) is 7.86. The average molecular weight is 203 g/mol. The van der Waals surface area contributed by atoms with Crippen LogP contribution in [0.4, 0.5) is 5.69 Å². The van der Waals surface area contributed by atoms with Crippen molar-refractivity contribution in [2.75, 3.05) is 5.73 Å². The molecule has 5 nitrogen and oxygen atoms in total. The van der Waals surface area contributed by atoms with Gasteiger partial charge < -0.3 is 5.73 Å². The number of amides is 2. The molecule has 0 radical (unpaired) electrons. The average Bonchev–Trinajstić information content (AvgIpc) is 2.18. The first-order chi connectivity index (χ1) is 7.13. The van der Waals surface area contributed by atoms with Crippen LogP contribution in [0.5, 0.6) is 0 Å². The Balaban J connectivity index is 2.66. The van der Waals surface area contributed by atoms with Crippen LogP contribution >= 0.6 is 0 Å². The molecule has 2 amide bonds. The molecule has 0 unspecified atom stereocenters. The number of hydrogen-bond acceptors (Lipinski definition) is 4. The van der Waals surface area contributed by atoms with E-state index in [2.05, 4.69) is 5.32 Å².